The number of rotatable bonds is 3. The van der Waals surface area contributed by atoms with Crippen LogP contribution in [0.15, 0.2) is 52.2 Å². The number of amidine groups is 1. The Bertz CT molecular complexity index is 1160. The summed E-state index contributed by atoms with van der Waals surface area (Å²) in [4.78, 5) is 13.4. The van der Waals surface area contributed by atoms with Crippen LogP contribution in [0.4, 0.5) is 15.9 Å². The summed E-state index contributed by atoms with van der Waals surface area (Å²) in [5.41, 5.74) is 8.13. The molecule has 2 aromatic heterocycles. The summed E-state index contributed by atoms with van der Waals surface area (Å²) in [6.45, 7) is 4.06. The van der Waals surface area contributed by atoms with E-state index in [9.17, 15) is 4.39 Å². The van der Waals surface area contributed by atoms with E-state index in [0.29, 0.717) is 28.7 Å². The molecular weight excluding hydrogens is 453 g/mol. The highest BCUT2D eigenvalue weighted by molar-refractivity contribution is 9.10. The maximum absolute atomic E-state index is 14.6. The van der Waals surface area contributed by atoms with Gasteiger partial charge in [0.25, 0.3) is 0 Å². The Morgan fingerprint density at radius 2 is 2.07 bits per heavy atom. The van der Waals surface area contributed by atoms with Gasteiger partial charge in [0.15, 0.2) is 5.82 Å². The second kappa shape index (κ2) is 7.50. The van der Waals surface area contributed by atoms with Crippen LogP contribution in [0.25, 0.3) is 10.9 Å². The summed E-state index contributed by atoms with van der Waals surface area (Å²) >= 11 is 3.43. The van der Waals surface area contributed by atoms with E-state index in [-0.39, 0.29) is 27.1 Å². The molecule has 3 N–H and O–H groups in total. The summed E-state index contributed by atoms with van der Waals surface area (Å²) in [5.74, 6) is 5.74. The summed E-state index contributed by atoms with van der Waals surface area (Å²) in [7, 11) is -0.255. The molecule has 0 aliphatic carbocycles. The van der Waals surface area contributed by atoms with Crippen molar-refractivity contribution in [3.63, 3.8) is 0 Å². The van der Waals surface area contributed by atoms with Gasteiger partial charge < -0.3 is 11.1 Å². The second-order valence-corrected chi connectivity index (χ2v) is 10.7. The third-order valence-corrected chi connectivity index (χ3v) is 7.98. The van der Waals surface area contributed by atoms with Crippen molar-refractivity contribution in [2.75, 3.05) is 11.1 Å². The largest absolute Gasteiger partial charge is 0.386 e. The van der Waals surface area contributed by atoms with E-state index in [4.69, 9.17) is 5.73 Å². The van der Waals surface area contributed by atoms with Crippen LogP contribution in [0.5, 0.6) is 0 Å². The lowest BCUT2D eigenvalue weighted by atomic mass is 10.1. The predicted octanol–water partition coefficient (Wildman–Crippen LogP) is 5.17. The van der Waals surface area contributed by atoms with Gasteiger partial charge in [0.05, 0.1) is 10.8 Å². The van der Waals surface area contributed by atoms with Crippen LogP contribution < -0.4 is 11.1 Å². The molecule has 5 nitrogen and oxygen atoms in total. The quantitative estimate of drug-likeness (QED) is 0.514. The number of nitrogens with zero attached hydrogens (tertiary/aromatic N) is 3. The molecule has 2 unspecified atom stereocenters. The van der Waals surface area contributed by atoms with E-state index >= 15 is 0 Å². The first-order valence-electron chi connectivity index (χ1n) is 9.07. The van der Waals surface area contributed by atoms with Crippen LogP contribution in [-0.4, -0.2) is 32.2 Å². The highest BCUT2D eigenvalue weighted by atomic mass is 79.9. The minimum atomic E-state index is -0.347. The van der Waals surface area contributed by atoms with Crippen molar-refractivity contribution in [1.29, 1.82) is 0 Å². The fourth-order valence-electron chi connectivity index (χ4n) is 3.20. The summed E-state index contributed by atoms with van der Waals surface area (Å²) < 4.78 is 15.3. The average Bonchev–Trinajstić information content (AvgIpc) is 2.67. The average molecular weight is 474 g/mol. The van der Waals surface area contributed by atoms with Gasteiger partial charge in [-0.3, -0.25) is 9.98 Å². The summed E-state index contributed by atoms with van der Waals surface area (Å²) in [6, 6.07) is 8.42. The normalized spacial score (nSPS) is 21.0. The third-order valence-electron chi connectivity index (χ3n) is 5.18. The summed E-state index contributed by atoms with van der Waals surface area (Å²) in [5, 5.41) is 4.21. The Hall–Kier alpha value is -2.32. The number of halogens is 2. The topological polar surface area (TPSA) is 76.2 Å². The van der Waals surface area contributed by atoms with Gasteiger partial charge in [-0.05, 0) is 60.1 Å². The molecule has 1 aliphatic rings. The van der Waals surface area contributed by atoms with Gasteiger partial charge in [-0.2, -0.15) is 10.5 Å². The van der Waals surface area contributed by atoms with Crippen molar-refractivity contribution in [3.05, 3.63) is 58.6 Å². The fraction of sp³-hybridized carbons (Fsp3) is 0.238. The Labute approximate surface area is 179 Å². The number of pyridine rings is 2. The zero-order chi connectivity index (χ0) is 20.8. The lowest BCUT2D eigenvalue weighted by Crippen LogP contribution is -2.41. The maximum atomic E-state index is 14.6. The lowest BCUT2D eigenvalue weighted by molar-refractivity contribution is 0.593. The van der Waals surface area contributed by atoms with E-state index in [1.807, 2.05) is 26.0 Å². The smallest absolute Gasteiger partial charge is 0.156 e. The molecule has 8 heteroatoms. The minimum absolute atomic E-state index is 0.255. The number of nitrogens with two attached hydrogens (primary N) is 1. The van der Waals surface area contributed by atoms with E-state index < -0.39 is 0 Å². The van der Waals surface area contributed by atoms with Gasteiger partial charge in [-0.15, -0.1) is 0 Å². The number of anilines is 2. The van der Waals surface area contributed by atoms with Crippen LogP contribution in [0.1, 0.15) is 25.5 Å². The van der Waals surface area contributed by atoms with Crippen LogP contribution in [0.3, 0.4) is 0 Å². The highest BCUT2D eigenvalue weighted by Crippen LogP contribution is 2.41. The zero-order valence-electron chi connectivity index (χ0n) is 16.1. The van der Waals surface area contributed by atoms with Gasteiger partial charge in [0, 0.05) is 39.3 Å². The summed E-state index contributed by atoms with van der Waals surface area (Å²) in [6.07, 6.45) is 3.44. The van der Waals surface area contributed by atoms with Crippen molar-refractivity contribution >= 4 is 60.5 Å². The molecule has 3 aromatic rings. The van der Waals surface area contributed by atoms with Crippen molar-refractivity contribution in [1.82, 2.24) is 9.97 Å². The van der Waals surface area contributed by atoms with Crippen LogP contribution in [-0.2, 0) is 0 Å². The predicted molar refractivity (Wildman–Crippen MR) is 125 cm³/mol. The minimum Gasteiger partial charge on any atom is -0.386 e. The lowest BCUT2D eigenvalue weighted by Gasteiger charge is -2.35. The van der Waals surface area contributed by atoms with Gasteiger partial charge in [-0.25, -0.2) is 9.37 Å². The van der Waals surface area contributed by atoms with E-state index in [1.54, 1.807) is 24.5 Å². The monoisotopic (exact) mass is 473 g/mol. The van der Waals surface area contributed by atoms with E-state index in [1.165, 1.54) is 6.07 Å². The molecule has 3 heterocycles. The molecule has 4 rings (SSSR count). The van der Waals surface area contributed by atoms with Gasteiger partial charge in [0.1, 0.15) is 17.2 Å². The van der Waals surface area contributed by atoms with Crippen molar-refractivity contribution in [2.24, 2.45) is 10.7 Å². The SMILES string of the molecule is C=S1CC(c2cc(Nc3nccc4cc(Br)cnc34)ccc2F)N=C(N)C1(C)C. The number of hydrogen-bond acceptors (Lipinski definition) is 5. The molecule has 0 radical (unpaired) electrons. The highest BCUT2D eigenvalue weighted by Gasteiger charge is 2.33. The van der Waals surface area contributed by atoms with Crippen molar-refractivity contribution in [3.8, 4) is 0 Å². The second-order valence-electron chi connectivity index (χ2n) is 7.45. The third kappa shape index (κ3) is 3.79. The van der Waals surface area contributed by atoms with Crippen LogP contribution >= 0.6 is 26.4 Å². The molecule has 1 aliphatic heterocycles. The van der Waals surface area contributed by atoms with Crippen molar-refractivity contribution < 1.29 is 4.39 Å². The zero-order valence-corrected chi connectivity index (χ0v) is 18.5. The Morgan fingerprint density at radius 3 is 2.83 bits per heavy atom. The standard InChI is InChI=1S/C21H21BrFN5S/c1-21(2)20(24)28-17(11-29(21)3)15-9-14(4-5-16(15)23)27-19-18-12(6-7-25-19)8-13(22)10-26-18/h4-10,17H,3,11H2,1-2H3,(H2,24,28)(H,25,27). The van der Waals surface area contributed by atoms with Gasteiger partial charge >= 0.3 is 0 Å². The number of aromatic nitrogens is 2. The number of hydrogen-bond donors (Lipinski definition) is 2. The van der Waals surface area contributed by atoms with E-state index in [2.05, 4.69) is 42.1 Å². The van der Waals surface area contributed by atoms with Crippen LogP contribution in [0, 0.1) is 5.82 Å². The molecule has 0 saturated carbocycles. The Kier molecular flexibility index (Phi) is 5.16. The maximum Gasteiger partial charge on any atom is 0.156 e. The molecule has 0 fully saturated rings. The first-order valence-corrected chi connectivity index (χ1v) is 11.4. The van der Waals surface area contributed by atoms with Gasteiger partial charge in [-0.1, -0.05) is 5.87 Å². The number of benzene rings is 1. The fourth-order valence-corrected chi connectivity index (χ4v) is 4.95. The molecule has 2 atom stereocenters. The molecule has 0 spiro atoms. The molecule has 0 amide bonds. The first-order chi connectivity index (χ1) is 13.8. The van der Waals surface area contributed by atoms with Crippen molar-refractivity contribution in [2.45, 2.75) is 24.6 Å². The number of nitrogens with one attached hydrogen (secondary N) is 1. The molecule has 29 heavy (non-hydrogen) atoms. The Balaban J connectivity index is 1.70. The molecular formula is C21H21BrFN5S. The van der Waals surface area contributed by atoms with Gasteiger partial charge in [0.2, 0.25) is 0 Å². The number of fused-ring (bicyclic) bond motifs is 1. The molecule has 150 valence electrons. The van der Waals surface area contributed by atoms with Crippen LogP contribution in [0.2, 0.25) is 0 Å². The Morgan fingerprint density at radius 1 is 1.28 bits per heavy atom. The molecule has 0 saturated heterocycles. The van der Waals surface area contributed by atoms with E-state index in [0.717, 1.165) is 15.4 Å². The molecule has 0 bridgehead atoms. The molecule has 1 aromatic carbocycles. The first kappa shape index (κ1) is 20.0. The number of aliphatic imine (C=N–C) groups is 1.